The fourth-order valence-corrected chi connectivity index (χ4v) is 2.80. The highest BCUT2D eigenvalue weighted by Crippen LogP contribution is 2.23. The van der Waals surface area contributed by atoms with Gasteiger partial charge in [0.25, 0.3) is 5.56 Å². The number of halogens is 1. The number of ether oxygens (including phenoxy) is 2. The summed E-state index contributed by atoms with van der Waals surface area (Å²) in [6.07, 6.45) is 0.902. The van der Waals surface area contributed by atoms with Crippen LogP contribution in [0, 0.1) is 13.8 Å². The zero-order valence-electron chi connectivity index (χ0n) is 15.2. The highest BCUT2D eigenvalue weighted by Gasteiger charge is 2.18. The standard InChI is InChI=1S/C20H19ClN2O4/c1-12-4-7-18-22-16(9-19(24)23(18)10-12)11-26-20(25)14(3)27-17-6-5-15(21)8-13(17)2/h4-10,14H,11H2,1-3H3. The number of carbonyl (C=O) groups is 1. The number of pyridine rings is 1. The average Bonchev–Trinajstić information content (AvgIpc) is 2.62. The van der Waals surface area contributed by atoms with Crippen molar-refractivity contribution in [2.45, 2.75) is 33.5 Å². The lowest BCUT2D eigenvalue weighted by Gasteiger charge is -2.15. The Morgan fingerprint density at radius 2 is 2.00 bits per heavy atom. The molecule has 0 amide bonds. The maximum atomic E-state index is 12.2. The van der Waals surface area contributed by atoms with Crippen molar-refractivity contribution in [2.24, 2.45) is 0 Å². The first kappa shape index (κ1) is 18.9. The number of fused-ring (bicyclic) bond motifs is 1. The van der Waals surface area contributed by atoms with Crippen LogP contribution in [0.3, 0.4) is 0 Å². The molecule has 1 atom stereocenters. The Kier molecular flexibility index (Phi) is 5.46. The van der Waals surface area contributed by atoms with Crippen LogP contribution < -0.4 is 10.3 Å². The van der Waals surface area contributed by atoms with Crippen molar-refractivity contribution in [1.29, 1.82) is 0 Å². The Morgan fingerprint density at radius 3 is 2.74 bits per heavy atom. The zero-order chi connectivity index (χ0) is 19.6. The van der Waals surface area contributed by atoms with Gasteiger partial charge in [-0.3, -0.25) is 9.20 Å². The third kappa shape index (κ3) is 4.46. The normalized spacial score (nSPS) is 12.0. The van der Waals surface area contributed by atoms with Crippen molar-refractivity contribution in [3.05, 3.63) is 74.8 Å². The van der Waals surface area contributed by atoms with Gasteiger partial charge in [0.2, 0.25) is 0 Å². The molecule has 27 heavy (non-hydrogen) atoms. The molecule has 0 aliphatic heterocycles. The number of hydrogen-bond donors (Lipinski definition) is 0. The molecule has 0 saturated carbocycles. The number of hydrogen-bond acceptors (Lipinski definition) is 5. The first-order valence-electron chi connectivity index (χ1n) is 8.42. The third-order valence-corrected chi connectivity index (χ3v) is 4.23. The van der Waals surface area contributed by atoms with Gasteiger partial charge < -0.3 is 9.47 Å². The van der Waals surface area contributed by atoms with E-state index in [2.05, 4.69) is 4.98 Å². The van der Waals surface area contributed by atoms with Crippen molar-refractivity contribution < 1.29 is 14.3 Å². The van der Waals surface area contributed by atoms with Crippen LogP contribution in [0.5, 0.6) is 5.75 Å². The maximum absolute atomic E-state index is 12.2. The molecule has 0 bridgehead atoms. The summed E-state index contributed by atoms with van der Waals surface area (Å²) < 4.78 is 12.3. The lowest BCUT2D eigenvalue weighted by Crippen LogP contribution is -2.26. The Labute approximate surface area is 161 Å². The van der Waals surface area contributed by atoms with Gasteiger partial charge in [-0.05, 0) is 56.2 Å². The smallest absolute Gasteiger partial charge is 0.347 e. The molecule has 0 aliphatic carbocycles. The highest BCUT2D eigenvalue weighted by atomic mass is 35.5. The number of benzene rings is 1. The summed E-state index contributed by atoms with van der Waals surface area (Å²) in [4.78, 5) is 28.7. The van der Waals surface area contributed by atoms with Gasteiger partial charge in [0.1, 0.15) is 18.0 Å². The first-order chi connectivity index (χ1) is 12.8. The van der Waals surface area contributed by atoms with Gasteiger partial charge in [-0.15, -0.1) is 0 Å². The molecule has 0 saturated heterocycles. The van der Waals surface area contributed by atoms with Gasteiger partial charge in [0.15, 0.2) is 6.10 Å². The largest absolute Gasteiger partial charge is 0.479 e. The minimum absolute atomic E-state index is 0.105. The van der Waals surface area contributed by atoms with Crippen LogP contribution in [0.4, 0.5) is 0 Å². The summed E-state index contributed by atoms with van der Waals surface area (Å²) in [7, 11) is 0. The topological polar surface area (TPSA) is 69.9 Å². The summed E-state index contributed by atoms with van der Waals surface area (Å²) in [5.74, 6) is 0.0107. The van der Waals surface area contributed by atoms with E-state index in [1.165, 1.54) is 10.5 Å². The Hall–Kier alpha value is -2.86. The molecule has 0 N–H and O–H groups in total. The molecule has 1 unspecified atom stereocenters. The van der Waals surface area contributed by atoms with Crippen molar-refractivity contribution >= 4 is 23.2 Å². The summed E-state index contributed by atoms with van der Waals surface area (Å²) in [5.41, 5.74) is 2.43. The van der Waals surface area contributed by atoms with E-state index in [9.17, 15) is 9.59 Å². The molecule has 1 aromatic carbocycles. The highest BCUT2D eigenvalue weighted by molar-refractivity contribution is 6.30. The number of carbonyl (C=O) groups excluding carboxylic acids is 1. The molecule has 0 spiro atoms. The number of esters is 1. The molecule has 140 valence electrons. The van der Waals surface area contributed by atoms with E-state index in [0.29, 0.717) is 22.1 Å². The lowest BCUT2D eigenvalue weighted by atomic mass is 10.2. The second-order valence-corrected chi connectivity index (χ2v) is 6.73. The van der Waals surface area contributed by atoms with Gasteiger partial charge in [-0.1, -0.05) is 17.7 Å². The molecule has 6 nitrogen and oxygen atoms in total. The molecule has 2 heterocycles. The number of aromatic nitrogens is 2. The average molecular weight is 387 g/mol. The molecule has 3 rings (SSSR count). The van der Waals surface area contributed by atoms with Crippen molar-refractivity contribution in [3.8, 4) is 5.75 Å². The van der Waals surface area contributed by atoms with Crippen LogP contribution >= 0.6 is 11.6 Å². The second-order valence-electron chi connectivity index (χ2n) is 6.30. The minimum atomic E-state index is -0.811. The van der Waals surface area contributed by atoms with E-state index in [1.54, 1.807) is 37.4 Å². The van der Waals surface area contributed by atoms with E-state index in [0.717, 1.165) is 11.1 Å². The molecular weight excluding hydrogens is 368 g/mol. The zero-order valence-corrected chi connectivity index (χ0v) is 16.0. The van der Waals surface area contributed by atoms with Gasteiger partial charge in [-0.25, -0.2) is 9.78 Å². The fraction of sp³-hybridized carbons (Fsp3) is 0.250. The summed E-state index contributed by atoms with van der Waals surface area (Å²) in [6, 6.07) is 10.1. The van der Waals surface area contributed by atoms with Crippen LogP contribution in [-0.2, 0) is 16.1 Å². The van der Waals surface area contributed by atoms with Gasteiger partial charge in [0.05, 0.1) is 5.69 Å². The van der Waals surface area contributed by atoms with Crippen LogP contribution in [-0.4, -0.2) is 21.5 Å². The Morgan fingerprint density at radius 1 is 1.22 bits per heavy atom. The summed E-state index contributed by atoms with van der Waals surface area (Å²) in [5, 5.41) is 0.596. The third-order valence-electron chi connectivity index (χ3n) is 4.00. The number of nitrogens with zero attached hydrogens (tertiary/aromatic N) is 2. The summed E-state index contributed by atoms with van der Waals surface area (Å²) in [6.45, 7) is 5.23. The van der Waals surface area contributed by atoms with Crippen molar-refractivity contribution in [2.75, 3.05) is 0 Å². The van der Waals surface area contributed by atoms with Crippen molar-refractivity contribution in [3.63, 3.8) is 0 Å². The molecule has 7 heteroatoms. The van der Waals surface area contributed by atoms with Crippen molar-refractivity contribution in [1.82, 2.24) is 9.38 Å². The van der Waals surface area contributed by atoms with E-state index in [4.69, 9.17) is 21.1 Å². The Bertz CT molecular complexity index is 1060. The number of rotatable bonds is 5. The first-order valence-corrected chi connectivity index (χ1v) is 8.79. The SMILES string of the molecule is Cc1ccc2nc(COC(=O)C(C)Oc3ccc(Cl)cc3C)cc(=O)n2c1. The quantitative estimate of drug-likeness (QED) is 0.628. The molecule has 2 aromatic heterocycles. The van der Waals surface area contributed by atoms with Crippen LogP contribution in [0.1, 0.15) is 23.7 Å². The molecule has 0 fully saturated rings. The molecular formula is C20H19ClN2O4. The summed E-state index contributed by atoms with van der Waals surface area (Å²) >= 11 is 5.92. The van der Waals surface area contributed by atoms with Gasteiger partial charge >= 0.3 is 5.97 Å². The van der Waals surface area contributed by atoms with Crippen LogP contribution in [0.25, 0.3) is 5.65 Å². The van der Waals surface area contributed by atoms with E-state index >= 15 is 0 Å². The second kappa shape index (κ2) is 7.80. The van der Waals surface area contributed by atoms with Crippen LogP contribution in [0.2, 0.25) is 5.02 Å². The number of aryl methyl sites for hydroxylation is 2. The van der Waals surface area contributed by atoms with E-state index in [-0.39, 0.29) is 12.2 Å². The molecule has 0 radical (unpaired) electrons. The van der Waals surface area contributed by atoms with Gasteiger partial charge in [-0.2, -0.15) is 0 Å². The van der Waals surface area contributed by atoms with Gasteiger partial charge in [0, 0.05) is 17.3 Å². The van der Waals surface area contributed by atoms with Crippen LogP contribution in [0.15, 0.2) is 47.4 Å². The lowest BCUT2D eigenvalue weighted by molar-refractivity contribution is -0.152. The van der Waals surface area contributed by atoms with E-state index in [1.807, 2.05) is 19.9 Å². The molecule has 0 aliphatic rings. The molecule has 3 aromatic rings. The monoisotopic (exact) mass is 386 g/mol. The predicted molar refractivity (Wildman–Crippen MR) is 102 cm³/mol. The van der Waals surface area contributed by atoms with E-state index < -0.39 is 12.1 Å². The predicted octanol–water partition coefficient (Wildman–Crippen LogP) is 3.48. The maximum Gasteiger partial charge on any atom is 0.347 e. The Balaban J connectivity index is 1.67. The fourth-order valence-electron chi connectivity index (χ4n) is 2.58. The minimum Gasteiger partial charge on any atom is -0.479 e.